The van der Waals surface area contributed by atoms with E-state index in [2.05, 4.69) is 96.9 Å². The van der Waals surface area contributed by atoms with Gasteiger partial charge >= 0.3 is 0 Å². The molecule has 0 aliphatic carbocycles. The van der Waals surface area contributed by atoms with Crippen LogP contribution in [0, 0.1) is 0 Å². The van der Waals surface area contributed by atoms with Gasteiger partial charge in [-0.15, -0.1) is 0 Å². The lowest BCUT2D eigenvalue weighted by atomic mass is 10.1. The first-order chi connectivity index (χ1) is 10.2. The Morgan fingerprint density at radius 3 is 1.86 bits per heavy atom. The molecule has 0 N–H and O–H groups in total. The lowest BCUT2D eigenvalue weighted by Crippen LogP contribution is -2.36. The van der Waals surface area contributed by atoms with Crippen LogP contribution in [0.5, 0.6) is 0 Å². The van der Waals surface area contributed by atoms with Crippen LogP contribution < -0.4 is 4.57 Å². The summed E-state index contributed by atoms with van der Waals surface area (Å²) in [6.07, 6.45) is 2.25. The summed E-state index contributed by atoms with van der Waals surface area (Å²) >= 11 is 0. The first-order valence-corrected chi connectivity index (χ1v) is 7.40. The van der Waals surface area contributed by atoms with Gasteiger partial charge in [0.1, 0.15) is 6.20 Å². The van der Waals surface area contributed by atoms with Gasteiger partial charge in [0, 0.05) is 5.56 Å². The van der Waals surface area contributed by atoms with Crippen LogP contribution in [-0.4, -0.2) is 4.57 Å². The summed E-state index contributed by atoms with van der Waals surface area (Å²) in [5.74, 6) is 1.24. The zero-order valence-electron chi connectivity index (χ0n) is 12.8. The molecule has 0 saturated heterocycles. The van der Waals surface area contributed by atoms with Crippen molar-refractivity contribution in [2.45, 2.75) is 19.9 Å². The molecular formula is C19H21N2+. The Morgan fingerprint density at radius 2 is 1.33 bits per heavy atom. The highest BCUT2D eigenvalue weighted by Gasteiger charge is 2.24. The summed E-state index contributed by atoms with van der Waals surface area (Å²) in [4.78, 5) is 0. The van der Waals surface area contributed by atoms with Gasteiger partial charge in [-0.2, -0.15) is 0 Å². The van der Waals surface area contributed by atoms with Gasteiger partial charge in [-0.25, -0.2) is 9.13 Å². The minimum atomic E-state index is 0.420. The van der Waals surface area contributed by atoms with Crippen LogP contribution in [0.3, 0.4) is 0 Å². The number of aromatic nitrogens is 2. The molecule has 3 rings (SSSR count). The van der Waals surface area contributed by atoms with Gasteiger partial charge < -0.3 is 0 Å². The van der Waals surface area contributed by atoms with E-state index in [0.29, 0.717) is 6.04 Å². The Balaban J connectivity index is 2.22. The van der Waals surface area contributed by atoms with Gasteiger partial charge in [-0.3, -0.25) is 0 Å². The third-order valence-electron chi connectivity index (χ3n) is 3.84. The van der Waals surface area contributed by atoms with Crippen LogP contribution in [-0.2, 0) is 7.05 Å². The number of hydrogen-bond donors (Lipinski definition) is 0. The smallest absolute Gasteiger partial charge is 0.227 e. The van der Waals surface area contributed by atoms with Crippen molar-refractivity contribution in [2.24, 2.45) is 7.05 Å². The van der Waals surface area contributed by atoms with Crippen molar-refractivity contribution in [1.82, 2.24) is 4.57 Å². The number of benzene rings is 2. The maximum Gasteiger partial charge on any atom is 0.289 e. The molecule has 2 heteroatoms. The predicted molar refractivity (Wildman–Crippen MR) is 86.9 cm³/mol. The van der Waals surface area contributed by atoms with Crippen molar-refractivity contribution >= 4 is 0 Å². The van der Waals surface area contributed by atoms with Crippen LogP contribution in [0.25, 0.3) is 22.6 Å². The zero-order valence-corrected chi connectivity index (χ0v) is 12.8. The Labute approximate surface area is 126 Å². The second kappa shape index (κ2) is 5.57. The van der Waals surface area contributed by atoms with Crippen LogP contribution >= 0.6 is 0 Å². The minimum absolute atomic E-state index is 0.420. The highest BCUT2D eigenvalue weighted by Crippen LogP contribution is 2.25. The van der Waals surface area contributed by atoms with E-state index in [1.54, 1.807) is 0 Å². The van der Waals surface area contributed by atoms with Crippen LogP contribution in [0.4, 0.5) is 0 Å². The van der Waals surface area contributed by atoms with Crippen LogP contribution in [0.2, 0.25) is 0 Å². The van der Waals surface area contributed by atoms with Crippen molar-refractivity contribution in [3.63, 3.8) is 0 Å². The Kier molecular flexibility index (Phi) is 3.61. The minimum Gasteiger partial charge on any atom is -0.227 e. The van der Waals surface area contributed by atoms with Gasteiger partial charge in [-0.05, 0) is 26.0 Å². The monoisotopic (exact) mass is 277 g/mol. The van der Waals surface area contributed by atoms with Gasteiger partial charge in [0.25, 0.3) is 5.82 Å². The molecule has 0 atom stereocenters. The van der Waals surface area contributed by atoms with E-state index in [9.17, 15) is 0 Å². The van der Waals surface area contributed by atoms with Crippen molar-refractivity contribution in [3.8, 4) is 22.6 Å². The largest absolute Gasteiger partial charge is 0.289 e. The third kappa shape index (κ3) is 2.49. The van der Waals surface area contributed by atoms with Gasteiger partial charge in [0.05, 0.1) is 18.7 Å². The molecule has 1 heterocycles. The zero-order chi connectivity index (χ0) is 14.8. The highest BCUT2D eigenvalue weighted by molar-refractivity contribution is 5.63. The number of nitrogens with zero attached hydrogens (tertiary/aromatic N) is 2. The number of imidazole rings is 1. The number of rotatable bonds is 3. The summed E-state index contributed by atoms with van der Waals surface area (Å²) in [6, 6.07) is 21.6. The van der Waals surface area contributed by atoms with E-state index in [1.807, 2.05) is 0 Å². The SMILES string of the molecule is CC(C)[n+]1cc(-c2ccccc2)n(C)c1-c1ccccc1. The predicted octanol–water partition coefficient (Wildman–Crippen LogP) is 4.23. The molecule has 21 heavy (non-hydrogen) atoms. The van der Waals surface area contributed by atoms with Crippen molar-refractivity contribution < 1.29 is 4.57 Å². The molecule has 0 aliphatic rings. The fraction of sp³-hybridized carbons (Fsp3) is 0.211. The molecule has 0 spiro atoms. The third-order valence-corrected chi connectivity index (χ3v) is 3.84. The molecule has 0 radical (unpaired) electrons. The summed E-state index contributed by atoms with van der Waals surface area (Å²) in [7, 11) is 2.14. The fourth-order valence-corrected chi connectivity index (χ4v) is 2.77. The highest BCUT2D eigenvalue weighted by atomic mass is 15.2. The average molecular weight is 277 g/mol. The fourth-order valence-electron chi connectivity index (χ4n) is 2.77. The average Bonchev–Trinajstić information content (AvgIpc) is 2.87. The van der Waals surface area contributed by atoms with Gasteiger partial charge in [0.15, 0.2) is 5.69 Å². The molecule has 0 bridgehead atoms. The molecule has 0 fully saturated rings. The maximum atomic E-state index is 2.34. The number of hydrogen-bond acceptors (Lipinski definition) is 0. The second-order valence-electron chi connectivity index (χ2n) is 5.63. The van der Waals surface area contributed by atoms with Crippen LogP contribution in [0.1, 0.15) is 19.9 Å². The molecule has 2 nitrogen and oxygen atoms in total. The van der Waals surface area contributed by atoms with Crippen LogP contribution in [0.15, 0.2) is 66.9 Å². The Morgan fingerprint density at radius 1 is 0.810 bits per heavy atom. The van der Waals surface area contributed by atoms with E-state index in [0.717, 1.165) is 0 Å². The Bertz CT molecular complexity index is 725. The molecule has 0 saturated carbocycles. The summed E-state index contributed by atoms with van der Waals surface area (Å²) in [5.41, 5.74) is 3.73. The van der Waals surface area contributed by atoms with Gasteiger partial charge in [0.2, 0.25) is 0 Å². The van der Waals surface area contributed by atoms with Crippen molar-refractivity contribution in [2.75, 3.05) is 0 Å². The first kappa shape index (κ1) is 13.6. The van der Waals surface area contributed by atoms with Crippen molar-refractivity contribution in [3.05, 3.63) is 66.9 Å². The topological polar surface area (TPSA) is 8.81 Å². The molecule has 106 valence electrons. The first-order valence-electron chi connectivity index (χ1n) is 7.40. The lowest BCUT2D eigenvalue weighted by Gasteiger charge is -2.05. The molecule has 2 aromatic carbocycles. The maximum absolute atomic E-state index is 2.34. The molecule has 0 amide bonds. The molecule has 0 aliphatic heterocycles. The molecule has 0 unspecified atom stereocenters. The normalized spacial score (nSPS) is 11.0. The van der Waals surface area contributed by atoms with Crippen molar-refractivity contribution in [1.29, 1.82) is 0 Å². The summed E-state index contributed by atoms with van der Waals surface area (Å²) in [5, 5.41) is 0. The summed E-state index contributed by atoms with van der Waals surface area (Å²) < 4.78 is 4.63. The molecule has 1 aromatic heterocycles. The van der Waals surface area contributed by atoms with E-state index < -0.39 is 0 Å². The molecule has 3 aromatic rings. The summed E-state index contributed by atoms with van der Waals surface area (Å²) in [6.45, 7) is 4.45. The van der Waals surface area contributed by atoms with E-state index in [-0.39, 0.29) is 0 Å². The second-order valence-corrected chi connectivity index (χ2v) is 5.63. The van der Waals surface area contributed by atoms with E-state index in [4.69, 9.17) is 0 Å². The van der Waals surface area contributed by atoms with E-state index >= 15 is 0 Å². The van der Waals surface area contributed by atoms with Gasteiger partial charge in [-0.1, -0.05) is 48.5 Å². The molecular weight excluding hydrogens is 256 g/mol. The van der Waals surface area contributed by atoms with E-state index in [1.165, 1.54) is 22.6 Å². The quantitative estimate of drug-likeness (QED) is 0.634. The lowest BCUT2D eigenvalue weighted by molar-refractivity contribution is -0.704. The Hall–Kier alpha value is -2.35. The standard InChI is InChI=1S/C19H21N2/c1-15(2)21-14-18(16-10-6-4-7-11-16)20(3)19(21)17-12-8-5-9-13-17/h4-15H,1-3H3/q+1.